The number of amides is 1. The zero-order chi connectivity index (χ0) is 23.2. The Morgan fingerprint density at radius 2 is 1.67 bits per heavy atom. The van der Waals surface area contributed by atoms with Gasteiger partial charge in [0.2, 0.25) is 0 Å². The second-order valence-electron chi connectivity index (χ2n) is 8.26. The van der Waals surface area contributed by atoms with Crippen molar-refractivity contribution in [3.05, 3.63) is 94.0 Å². The first-order chi connectivity index (χ1) is 16.0. The number of rotatable bonds is 7. The summed E-state index contributed by atoms with van der Waals surface area (Å²) in [6.45, 7) is 6.53. The van der Waals surface area contributed by atoms with Gasteiger partial charge in [0.05, 0.1) is 7.11 Å². The van der Waals surface area contributed by atoms with Crippen molar-refractivity contribution in [1.82, 2.24) is 9.80 Å². The molecule has 1 aliphatic rings. The molecule has 3 aromatic carbocycles. The van der Waals surface area contributed by atoms with Gasteiger partial charge in [-0.1, -0.05) is 35.9 Å². The lowest BCUT2D eigenvalue weighted by atomic mass is 10.1. The minimum Gasteiger partial charge on any atom is -0.496 e. The molecule has 3 aromatic rings. The van der Waals surface area contributed by atoms with Gasteiger partial charge in [-0.25, -0.2) is 0 Å². The molecule has 33 heavy (non-hydrogen) atoms. The molecule has 0 unspecified atom stereocenters. The molecule has 6 heteroatoms. The van der Waals surface area contributed by atoms with Gasteiger partial charge in [0.1, 0.15) is 18.1 Å². The Hall–Kier alpha value is -3.02. The predicted octanol–water partition coefficient (Wildman–Crippen LogP) is 5.19. The van der Waals surface area contributed by atoms with Gasteiger partial charge in [0.15, 0.2) is 0 Å². The molecule has 4 rings (SSSR count). The summed E-state index contributed by atoms with van der Waals surface area (Å²) in [5.41, 5.74) is 4.13. The lowest BCUT2D eigenvalue weighted by Gasteiger charge is -2.35. The maximum absolute atomic E-state index is 13.2. The van der Waals surface area contributed by atoms with Crippen LogP contribution in [0.5, 0.6) is 11.5 Å². The largest absolute Gasteiger partial charge is 0.496 e. The summed E-state index contributed by atoms with van der Waals surface area (Å²) in [6.07, 6.45) is 0. The van der Waals surface area contributed by atoms with Crippen molar-refractivity contribution >= 4 is 17.5 Å². The number of aryl methyl sites for hydroxylation is 1. The average Bonchev–Trinajstić information content (AvgIpc) is 2.85. The van der Waals surface area contributed by atoms with Crippen LogP contribution in [0.15, 0.2) is 66.7 Å². The maximum Gasteiger partial charge on any atom is 0.253 e. The molecular weight excluding hydrogens is 436 g/mol. The van der Waals surface area contributed by atoms with Crippen molar-refractivity contribution < 1.29 is 14.3 Å². The SMILES string of the molecule is COc1ccc(C(=O)N2CCN(Cc3ccccc3C)CC2)cc1COc1ccc(Cl)cc1. The molecule has 0 N–H and O–H groups in total. The van der Waals surface area contributed by atoms with Gasteiger partial charge in [-0.15, -0.1) is 0 Å². The monoisotopic (exact) mass is 464 g/mol. The van der Waals surface area contributed by atoms with Gasteiger partial charge in [0.25, 0.3) is 5.91 Å². The van der Waals surface area contributed by atoms with Crippen LogP contribution in [-0.4, -0.2) is 49.0 Å². The third kappa shape index (κ3) is 5.86. The molecule has 5 nitrogen and oxygen atoms in total. The number of benzene rings is 3. The first-order valence-corrected chi connectivity index (χ1v) is 11.5. The average molecular weight is 465 g/mol. The Labute approximate surface area is 200 Å². The van der Waals surface area contributed by atoms with Crippen molar-refractivity contribution in [3.63, 3.8) is 0 Å². The smallest absolute Gasteiger partial charge is 0.253 e. The molecule has 1 saturated heterocycles. The molecule has 0 aromatic heterocycles. The first-order valence-electron chi connectivity index (χ1n) is 11.1. The summed E-state index contributed by atoms with van der Waals surface area (Å²) in [5.74, 6) is 1.45. The van der Waals surface area contributed by atoms with E-state index in [-0.39, 0.29) is 5.91 Å². The number of hydrogen-bond acceptors (Lipinski definition) is 4. The summed E-state index contributed by atoms with van der Waals surface area (Å²) in [6, 6.07) is 21.2. The number of methoxy groups -OCH3 is 1. The number of ether oxygens (including phenoxy) is 2. The number of hydrogen-bond donors (Lipinski definition) is 0. The number of piperazine rings is 1. The number of carbonyl (C=O) groups is 1. The summed E-state index contributed by atoms with van der Waals surface area (Å²) in [5, 5.41) is 0.659. The van der Waals surface area contributed by atoms with Crippen LogP contribution in [0.25, 0.3) is 0 Å². The molecule has 0 spiro atoms. The zero-order valence-corrected chi connectivity index (χ0v) is 19.8. The van der Waals surface area contributed by atoms with Crippen LogP contribution >= 0.6 is 11.6 Å². The van der Waals surface area contributed by atoms with Crippen molar-refractivity contribution in [1.29, 1.82) is 0 Å². The van der Waals surface area contributed by atoms with Gasteiger partial charge in [-0.3, -0.25) is 9.69 Å². The molecule has 1 fully saturated rings. The highest BCUT2D eigenvalue weighted by Crippen LogP contribution is 2.24. The fraction of sp³-hybridized carbons (Fsp3) is 0.296. The summed E-state index contributed by atoms with van der Waals surface area (Å²) >= 11 is 5.94. The van der Waals surface area contributed by atoms with E-state index in [1.165, 1.54) is 11.1 Å². The topological polar surface area (TPSA) is 42.0 Å². The van der Waals surface area contributed by atoms with Crippen LogP contribution in [0.2, 0.25) is 5.02 Å². The maximum atomic E-state index is 13.2. The van der Waals surface area contributed by atoms with E-state index in [1.807, 2.05) is 35.2 Å². The van der Waals surface area contributed by atoms with Gasteiger partial charge in [0, 0.05) is 48.9 Å². The number of carbonyl (C=O) groups excluding carboxylic acids is 1. The van der Waals surface area contributed by atoms with E-state index >= 15 is 0 Å². The molecule has 0 aliphatic carbocycles. The van der Waals surface area contributed by atoms with Crippen molar-refractivity contribution in [2.24, 2.45) is 0 Å². The van der Waals surface area contributed by atoms with Crippen LogP contribution in [0.1, 0.15) is 27.0 Å². The lowest BCUT2D eigenvalue weighted by Crippen LogP contribution is -2.48. The highest BCUT2D eigenvalue weighted by Gasteiger charge is 2.23. The first kappa shape index (κ1) is 23.1. The summed E-state index contributed by atoms with van der Waals surface area (Å²) < 4.78 is 11.4. The third-order valence-electron chi connectivity index (χ3n) is 6.05. The third-order valence-corrected chi connectivity index (χ3v) is 6.30. The van der Waals surface area contributed by atoms with E-state index in [1.54, 1.807) is 19.2 Å². The van der Waals surface area contributed by atoms with E-state index in [0.29, 0.717) is 41.8 Å². The van der Waals surface area contributed by atoms with E-state index < -0.39 is 0 Å². The van der Waals surface area contributed by atoms with Crippen LogP contribution < -0.4 is 9.47 Å². The molecule has 0 radical (unpaired) electrons. The fourth-order valence-corrected chi connectivity index (χ4v) is 4.16. The minimum atomic E-state index is 0.0425. The fourth-order valence-electron chi connectivity index (χ4n) is 4.04. The molecule has 172 valence electrons. The summed E-state index contributed by atoms with van der Waals surface area (Å²) in [4.78, 5) is 17.5. The number of halogens is 1. The van der Waals surface area contributed by atoms with E-state index in [0.717, 1.165) is 25.2 Å². The van der Waals surface area contributed by atoms with E-state index in [9.17, 15) is 4.79 Å². The van der Waals surface area contributed by atoms with Crippen molar-refractivity contribution in [2.45, 2.75) is 20.1 Å². The van der Waals surface area contributed by atoms with E-state index in [4.69, 9.17) is 21.1 Å². The highest BCUT2D eigenvalue weighted by atomic mass is 35.5. The zero-order valence-electron chi connectivity index (χ0n) is 19.1. The number of nitrogens with zero attached hydrogens (tertiary/aromatic N) is 2. The second kappa shape index (κ2) is 10.7. The van der Waals surface area contributed by atoms with Crippen LogP contribution in [0.3, 0.4) is 0 Å². The molecule has 1 heterocycles. The normalized spacial score (nSPS) is 14.2. The summed E-state index contributed by atoms with van der Waals surface area (Å²) in [7, 11) is 1.62. The van der Waals surface area contributed by atoms with Gasteiger partial charge in [-0.2, -0.15) is 0 Å². The van der Waals surface area contributed by atoms with Gasteiger partial charge < -0.3 is 14.4 Å². The Bertz CT molecular complexity index is 1090. The standard InChI is InChI=1S/C27H29ClN2O3/c1-20-5-3-4-6-22(20)18-29-13-15-30(16-14-29)27(31)21-7-12-26(32-2)23(17-21)19-33-25-10-8-24(28)9-11-25/h3-12,17H,13-16,18-19H2,1-2H3. The predicted molar refractivity (Wildman–Crippen MR) is 131 cm³/mol. The quantitative estimate of drug-likeness (QED) is 0.482. The van der Waals surface area contributed by atoms with Crippen LogP contribution in [-0.2, 0) is 13.2 Å². The minimum absolute atomic E-state index is 0.0425. The molecule has 1 amide bonds. The highest BCUT2D eigenvalue weighted by molar-refractivity contribution is 6.30. The van der Waals surface area contributed by atoms with Crippen molar-refractivity contribution in [3.8, 4) is 11.5 Å². The molecule has 1 aliphatic heterocycles. The second-order valence-corrected chi connectivity index (χ2v) is 8.70. The molecule has 0 saturated carbocycles. The molecule has 0 bridgehead atoms. The Morgan fingerprint density at radius 1 is 0.939 bits per heavy atom. The van der Waals surface area contributed by atoms with Crippen LogP contribution in [0, 0.1) is 6.92 Å². The Balaban J connectivity index is 1.38. The van der Waals surface area contributed by atoms with Crippen molar-refractivity contribution in [2.75, 3.05) is 33.3 Å². The van der Waals surface area contributed by atoms with Crippen LogP contribution in [0.4, 0.5) is 0 Å². The van der Waals surface area contributed by atoms with Gasteiger partial charge >= 0.3 is 0 Å². The van der Waals surface area contributed by atoms with E-state index in [2.05, 4.69) is 36.1 Å². The molecular formula is C27H29ClN2O3. The Morgan fingerprint density at radius 3 is 2.36 bits per heavy atom. The van der Waals surface area contributed by atoms with Gasteiger partial charge in [-0.05, 0) is 60.5 Å². The molecule has 0 atom stereocenters. The Kier molecular flexibility index (Phi) is 7.53. The lowest BCUT2D eigenvalue weighted by molar-refractivity contribution is 0.0628.